The van der Waals surface area contributed by atoms with E-state index in [1.807, 2.05) is 37.3 Å². The molecule has 0 aliphatic rings. The summed E-state index contributed by atoms with van der Waals surface area (Å²) in [6.07, 6.45) is -0.241. The number of carboxylic acid groups (broad SMARTS) is 1. The first-order chi connectivity index (χ1) is 13.5. The number of nitrogens with one attached hydrogen (secondary N) is 1. The fourth-order valence-corrected chi connectivity index (χ4v) is 2.47. The molecule has 2 N–H and O–H groups in total. The second-order valence-electron chi connectivity index (χ2n) is 6.17. The Labute approximate surface area is 164 Å². The molecule has 0 aromatic heterocycles. The monoisotopic (exact) mass is 387 g/mol. The van der Waals surface area contributed by atoms with Gasteiger partial charge in [-0.1, -0.05) is 18.2 Å². The molecular weight excluding hydrogens is 362 g/mol. The van der Waals surface area contributed by atoms with Gasteiger partial charge in [0.25, 0.3) is 0 Å². The van der Waals surface area contributed by atoms with Crippen molar-refractivity contribution < 1.29 is 28.9 Å². The second-order valence-corrected chi connectivity index (χ2v) is 6.17. The molecule has 2 aromatic rings. The van der Waals surface area contributed by atoms with E-state index in [4.69, 9.17) is 19.3 Å². The van der Waals surface area contributed by atoms with E-state index in [0.29, 0.717) is 24.7 Å². The Balaban J connectivity index is 1.85. The van der Waals surface area contributed by atoms with Crippen molar-refractivity contribution in [2.45, 2.75) is 26.3 Å². The lowest BCUT2D eigenvalue weighted by atomic mass is 10.2. The maximum atomic E-state index is 11.7. The van der Waals surface area contributed by atoms with Crippen LogP contribution in [0.3, 0.4) is 0 Å². The van der Waals surface area contributed by atoms with E-state index >= 15 is 0 Å². The van der Waals surface area contributed by atoms with Gasteiger partial charge in [-0.3, -0.25) is 9.59 Å². The van der Waals surface area contributed by atoms with Gasteiger partial charge in [-0.05, 0) is 42.3 Å². The van der Waals surface area contributed by atoms with Crippen LogP contribution in [-0.2, 0) is 16.1 Å². The van der Waals surface area contributed by atoms with Crippen LogP contribution < -0.4 is 19.5 Å². The van der Waals surface area contributed by atoms with E-state index in [-0.39, 0.29) is 25.3 Å². The summed E-state index contributed by atoms with van der Waals surface area (Å²) in [6, 6.07) is 13.1. The number of ether oxygens (including phenoxy) is 3. The normalized spacial score (nSPS) is 10.2. The quantitative estimate of drug-likeness (QED) is 0.576. The highest BCUT2D eigenvalue weighted by Gasteiger charge is 2.09. The summed E-state index contributed by atoms with van der Waals surface area (Å²) in [5.41, 5.74) is 1.94. The molecule has 0 heterocycles. The minimum Gasteiger partial charge on any atom is -0.493 e. The highest BCUT2D eigenvalue weighted by Crippen LogP contribution is 2.28. The third-order valence-corrected chi connectivity index (χ3v) is 3.88. The van der Waals surface area contributed by atoms with Crippen LogP contribution in [0.1, 0.15) is 24.0 Å². The van der Waals surface area contributed by atoms with Crippen LogP contribution in [0.4, 0.5) is 0 Å². The largest absolute Gasteiger partial charge is 0.493 e. The number of aryl methyl sites for hydroxylation is 1. The zero-order chi connectivity index (χ0) is 20.4. The number of hydrogen-bond acceptors (Lipinski definition) is 5. The first-order valence-electron chi connectivity index (χ1n) is 8.95. The summed E-state index contributed by atoms with van der Waals surface area (Å²) in [7, 11) is 1.55. The van der Waals surface area contributed by atoms with Crippen molar-refractivity contribution in [3.63, 3.8) is 0 Å². The van der Waals surface area contributed by atoms with Crippen molar-refractivity contribution in [1.82, 2.24) is 5.32 Å². The van der Waals surface area contributed by atoms with Crippen LogP contribution in [0.25, 0.3) is 0 Å². The van der Waals surface area contributed by atoms with Gasteiger partial charge in [-0.25, -0.2) is 0 Å². The fraction of sp³-hybridized carbons (Fsp3) is 0.333. The summed E-state index contributed by atoms with van der Waals surface area (Å²) in [4.78, 5) is 22.2. The third-order valence-electron chi connectivity index (χ3n) is 3.88. The molecule has 0 spiro atoms. The Bertz CT molecular complexity index is 805. The molecular formula is C21H25NO6. The topological polar surface area (TPSA) is 94.1 Å². The maximum Gasteiger partial charge on any atom is 0.303 e. The molecule has 0 saturated heterocycles. The molecule has 0 bridgehead atoms. The number of aliphatic carboxylic acids is 1. The van der Waals surface area contributed by atoms with E-state index in [0.717, 1.165) is 16.9 Å². The predicted octanol–water partition coefficient (Wildman–Crippen LogP) is 2.94. The van der Waals surface area contributed by atoms with Crippen LogP contribution in [0.5, 0.6) is 17.2 Å². The third kappa shape index (κ3) is 7.19. The number of methoxy groups -OCH3 is 1. The molecule has 0 saturated carbocycles. The van der Waals surface area contributed by atoms with E-state index in [2.05, 4.69) is 5.32 Å². The van der Waals surface area contributed by atoms with Gasteiger partial charge in [-0.2, -0.15) is 0 Å². The van der Waals surface area contributed by atoms with E-state index in [1.54, 1.807) is 19.2 Å². The van der Waals surface area contributed by atoms with Crippen LogP contribution in [0, 0.1) is 6.92 Å². The average Bonchev–Trinajstić information content (AvgIpc) is 2.68. The van der Waals surface area contributed by atoms with Crippen LogP contribution in [0.2, 0.25) is 0 Å². The molecule has 0 radical (unpaired) electrons. The number of carbonyl (C=O) groups excluding carboxylic acids is 1. The predicted molar refractivity (Wildman–Crippen MR) is 104 cm³/mol. The summed E-state index contributed by atoms with van der Waals surface area (Å²) < 4.78 is 16.7. The first kappa shape index (κ1) is 21.1. The smallest absolute Gasteiger partial charge is 0.303 e. The van der Waals surface area contributed by atoms with Gasteiger partial charge < -0.3 is 24.6 Å². The zero-order valence-corrected chi connectivity index (χ0v) is 16.1. The molecule has 150 valence electrons. The van der Waals surface area contributed by atoms with Gasteiger partial charge in [-0.15, -0.1) is 0 Å². The Morgan fingerprint density at radius 3 is 2.50 bits per heavy atom. The maximum absolute atomic E-state index is 11.7. The minimum atomic E-state index is -0.997. The average molecular weight is 387 g/mol. The SMILES string of the molecule is COc1ccc(CNC(=O)CCC(=O)O)cc1OCCOc1cccc(C)c1. The van der Waals surface area contributed by atoms with Gasteiger partial charge in [0.15, 0.2) is 11.5 Å². The molecule has 0 atom stereocenters. The van der Waals surface area contributed by atoms with Crippen LogP contribution in [-0.4, -0.2) is 37.3 Å². The summed E-state index contributed by atoms with van der Waals surface area (Å²) in [5, 5.41) is 11.3. The van der Waals surface area contributed by atoms with Crippen molar-refractivity contribution in [3.05, 3.63) is 53.6 Å². The van der Waals surface area contributed by atoms with E-state index in [1.165, 1.54) is 0 Å². The Morgan fingerprint density at radius 2 is 1.79 bits per heavy atom. The number of rotatable bonds is 11. The van der Waals surface area contributed by atoms with Gasteiger partial charge in [0.1, 0.15) is 19.0 Å². The van der Waals surface area contributed by atoms with Gasteiger partial charge in [0.2, 0.25) is 5.91 Å². The van der Waals surface area contributed by atoms with E-state index < -0.39 is 5.97 Å². The number of carbonyl (C=O) groups is 2. The lowest BCUT2D eigenvalue weighted by Crippen LogP contribution is -2.23. The van der Waals surface area contributed by atoms with Crippen LogP contribution in [0.15, 0.2) is 42.5 Å². The molecule has 2 rings (SSSR count). The highest BCUT2D eigenvalue weighted by atomic mass is 16.5. The fourth-order valence-electron chi connectivity index (χ4n) is 2.47. The second kappa shape index (κ2) is 10.8. The Hall–Kier alpha value is -3.22. The molecule has 28 heavy (non-hydrogen) atoms. The standard InChI is InChI=1S/C21H25NO6/c1-15-4-3-5-17(12-15)27-10-11-28-19-13-16(6-7-18(19)26-2)14-22-20(23)8-9-21(24)25/h3-7,12-13H,8-11,14H2,1-2H3,(H,22,23)(H,24,25). The molecule has 7 heteroatoms. The molecule has 1 amide bonds. The Kier molecular flexibility index (Phi) is 8.14. The minimum absolute atomic E-state index is 0.0505. The van der Waals surface area contributed by atoms with Crippen molar-refractivity contribution in [1.29, 1.82) is 0 Å². The van der Waals surface area contributed by atoms with Crippen LogP contribution >= 0.6 is 0 Å². The van der Waals surface area contributed by atoms with Crippen molar-refractivity contribution in [2.75, 3.05) is 20.3 Å². The van der Waals surface area contributed by atoms with Crippen molar-refractivity contribution in [3.8, 4) is 17.2 Å². The van der Waals surface area contributed by atoms with Crippen molar-refractivity contribution in [2.24, 2.45) is 0 Å². The zero-order valence-electron chi connectivity index (χ0n) is 16.1. The van der Waals surface area contributed by atoms with Crippen molar-refractivity contribution >= 4 is 11.9 Å². The van der Waals surface area contributed by atoms with Gasteiger partial charge in [0.05, 0.1) is 13.5 Å². The highest BCUT2D eigenvalue weighted by molar-refractivity contribution is 5.80. The lowest BCUT2D eigenvalue weighted by Gasteiger charge is -2.13. The summed E-state index contributed by atoms with van der Waals surface area (Å²) >= 11 is 0. The lowest BCUT2D eigenvalue weighted by molar-refractivity contribution is -0.138. The molecule has 0 fully saturated rings. The van der Waals surface area contributed by atoms with Gasteiger partial charge in [0, 0.05) is 13.0 Å². The summed E-state index contributed by atoms with van der Waals surface area (Å²) in [5.74, 6) is 0.605. The Morgan fingerprint density at radius 1 is 1.00 bits per heavy atom. The van der Waals surface area contributed by atoms with Gasteiger partial charge >= 0.3 is 5.97 Å². The molecule has 0 unspecified atom stereocenters. The summed E-state index contributed by atoms with van der Waals surface area (Å²) in [6.45, 7) is 2.99. The molecule has 0 aliphatic carbocycles. The number of amides is 1. The molecule has 0 aliphatic heterocycles. The van der Waals surface area contributed by atoms with E-state index in [9.17, 15) is 9.59 Å². The molecule has 2 aromatic carbocycles. The first-order valence-corrected chi connectivity index (χ1v) is 8.95. The number of carboxylic acids is 1. The number of benzene rings is 2. The number of hydrogen-bond donors (Lipinski definition) is 2. The molecule has 7 nitrogen and oxygen atoms in total.